The third-order valence-electron chi connectivity index (χ3n) is 4.73. The first-order chi connectivity index (χ1) is 12.5. The number of carbonyl (C=O) groups excluding carboxylic acids is 3. The molecule has 2 aliphatic rings. The molecule has 132 valence electrons. The van der Waals surface area contributed by atoms with E-state index < -0.39 is 35.6 Å². The van der Waals surface area contributed by atoms with Gasteiger partial charge in [0.15, 0.2) is 11.3 Å². The molecule has 2 aliphatic heterocycles. The van der Waals surface area contributed by atoms with Crippen LogP contribution in [0, 0.1) is 5.82 Å². The van der Waals surface area contributed by atoms with Crippen LogP contribution in [-0.2, 0) is 10.3 Å². The van der Waals surface area contributed by atoms with Crippen molar-refractivity contribution in [2.75, 3.05) is 13.2 Å². The van der Waals surface area contributed by atoms with Gasteiger partial charge in [0.2, 0.25) is 0 Å². The lowest BCUT2D eigenvalue weighted by molar-refractivity contribution is -0.132. The maximum atomic E-state index is 13.1. The molecule has 26 heavy (non-hydrogen) atoms. The van der Waals surface area contributed by atoms with Crippen LogP contribution < -0.4 is 10.1 Å². The molecule has 1 atom stereocenters. The number of Topliss-reactive ketones (excluding diaryl/α,β-unsaturated/α-hetero) is 1. The van der Waals surface area contributed by atoms with Gasteiger partial charge < -0.3 is 10.1 Å². The van der Waals surface area contributed by atoms with Gasteiger partial charge >= 0.3 is 6.03 Å². The number of rotatable bonds is 3. The highest BCUT2D eigenvalue weighted by atomic mass is 19.1. The normalized spacial score (nSPS) is 21.3. The smallest absolute Gasteiger partial charge is 0.325 e. The molecular weight excluding hydrogens is 339 g/mol. The summed E-state index contributed by atoms with van der Waals surface area (Å²) in [5, 5.41) is 2.74. The number of hydrogen-bond acceptors (Lipinski definition) is 4. The molecule has 1 spiro atoms. The average Bonchev–Trinajstić information content (AvgIpc) is 2.87. The molecule has 0 aliphatic carbocycles. The predicted octanol–water partition coefficient (Wildman–Crippen LogP) is 2.24. The van der Waals surface area contributed by atoms with Crippen LogP contribution in [0.1, 0.15) is 22.3 Å². The fourth-order valence-electron chi connectivity index (χ4n) is 3.39. The van der Waals surface area contributed by atoms with Crippen LogP contribution in [0.15, 0.2) is 48.5 Å². The topological polar surface area (TPSA) is 75.7 Å². The van der Waals surface area contributed by atoms with Gasteiger partial charge in [0.25, 0.3) is 5.91 Å². The monoisotopic (exact) mass is 354 g/mol. The number of hydrogen-bond donors (Lipinski definition) is 1. The number of carbonyl (C=O) groups is 3. The minimum absolute atomic E-state index is 0.236. The molecule has 2 aromatic rings. The number of nitrogens with zero attached hydrogens (tertiary/aromatic N) is 1. The Hall–Kier alpha value is -3.22. The quantitative estimate of drug-likeness (QED) is 0.678. The summed E-state index contributed by atoms with van der Waals surface area (Å²) in [5.74, 6) is -0.840. The molecule has 4 rings (SSSR count). The zero-order valence-corrected chi connectivity index (χ0v) is 13.7. The van der Waals surface area contributed by atoms with E-state index in [2.05, 4.69) is 5.32 Å². The lowest BCUT2D eigenvalue weighted by Gasteiger charge is -2.33. The number of ether oxygens (including phenoxy) is 1. The largest absolute Gasteiger partial charge is 0.493 e. The van der Waals surface area contributed by atoms with E-state index in [4.69, 9.17) is 4.74 Å². The second kappa shape index (κ2) is 5.94. The highest BCUT2D eigenvalue weighted by Gasteiger charge is 2.55. The first-order valence-corrected chi connectivity index (χ1v) is 8.16. The SMILES string of the molecule is O=C(CN1C(=O)N[C@]2(CCOc3ccccc32)C1=O)c1ccc(F)cc1. The molecule has 1 fully saturated rings. The number of amides is 3. The summed E-state index contributed by atoms with van der Waals surface area (Å²) in [4.78, 5) is 38.8. The van der Waals surface area contributed by atoms with Crippen LogP contribution in [0.4, 0.5) is 9.18 Å². The first kappa shape index (κ1) is 16.3. The van der Waals surface area contributed by atoms with Gasteiger partial charge in [0.1, 0.15) is 11.6 Å². The summed E-state index contributed by atoms with van der Waals surface area (Å²) in [6.45, 7) is -0.121. The van der Waals surface area contributed by atoms with Crippen LogP contribution in [0.2, 0.25) is 0 Å². The lowest BCUT2D eigenvalue weighted by atomic mass is 9.84. The van der Waals surface area contributed by atoms with E-state index in [1.807, 2.05) is 0 Å². The van der Waals surface area contributed by atoms with Crippen molar-refractivity contribution in [3.8, 4) is 5.75 Å². The number of urea groups is 1. The van der Waals surface area contributed by atoms with Crippen molar-refractivity contribution in [1.29, 1.82) is 0 Å². The summed E-state index contributed by atoms with van der Waals surface area (Å²) in [7, 11) is 0. The Bertz CT molecular complexity index is 912. The maximum absolute atomic E-state index is 13.1. The average molecular weight is 354 g/mol. The molecular formula is C19H15FN2O4. The first-order valence-electron chi connectivity index (χ1n) is 8.16. The van der Waals surface area contributed by atoms with Gasteiger partial charge in [-0.25, -0.2) is 9.18 Å². The van der Waals surface area contributed by atoms with E-state index >= 15 is 0 Å². The van der Waals surface area contributed by atoms with Crippen LogP contribution in [0.3, 0.4) is 0 Å². The molecule has 0 radical (unpaired) electrons. The van der Waals surface area contributed by atoms with Crippen molar-refractivity contribution in [3.63, 3.8) is 0 Å². The van der Waals surface area contributed by atoms with Crippen molar-refractivity contribution in [2.24, 2.45) is 0 Å². The summed E-state index contributed by atoms with van der Waals surface area (Å²) in [6.07, 6.45) is 0.288. The minimum Gasteiger partial charge on any atom is -0.493 e. The van der Waals surface area contributed by atoms with Gasteiger partial charge in [-0.15, -0.1) is 0 Å². The Morgan fingerprint density at radius 3 is 2.65 bits per heavy atom. The second-order valence-corrected chi connectivity index (χ2v) is 6.25. The Kier molecular flexibility index (Phi) is 3.72. The van der Waals surface area contributed by atoms with Gasteiger partial charge in [-0.1, -0.05) is 18.2 Å². The van der Waals surface area contributed by atoms with Gasteiger partial charge in [-0.2, -0.15) is 0 Å². The Labute approximate surface area is 148 Å². The molecule has 2 aromatic carbocycles. The molecule has 7 heteroatoms. The number of halogens is 1. The van der Waals surface area contributed by atoms with Gasteiger partial charge in [-0.05, 0) is 30.3 Å². The highest BCUT2D eigenvalue weighted by molar-refractivity contribution is 6.11. The van der Waals surface area contributed by atoms with Crippen molar-refractivity contribution in [3.05, 3.63) is 65.5 Å². The number of ketones is 1. The number of para-hydroxylation sites is 1. The zero-order chi connectivity index (χ0) is 18.3. The molecule has 0 bridgehead atoms. The van der Waals surface area contributed by atoms with Crippen molar-refractivity contribution >= 4 is 17.7 Å². The van der Waals surface area contributed by atoms with E-state index in [0.29, 0.717) is 11.3 Å². The summed E-state index contributed by atoms with van der Waals surface area (Å²) in [5.41, 5.74) is -0.392. The fraction of sp³-hybridized carbons (Fsp3) is 0.211. The molecule has 3 amide bonds. The van der Waals surface area contributed by atoms with E-state index in [0.717, 1.165) is 17.0 Å². The third kappa shape index (κ3) is 2.44. The minimum atomic E-state index is -1.21. The van der Waals surface area contributed by atoms with Gasteiger partial charge in [0, 0.05) is 17.5 Å². The Balaban J connectivity index is 1.63. The molecule has 0 saturated carbocycles. The van der Waals surface area contributed by atoms with E-state index in [9.17, 15) is 18.8 Å². The Morgan fingerprint density at radius 1 is 1.15 bits per heavy atom. The number of fused-ring (bicyclic) bond motifs is 2. The van der Waals surface area contributed by atoms with E-state index in [1.54, 1.807) is 24.3 Å². The van der Waals surface area contributed by atoms with Crippen molar-refractivity contribution in [1.82, 2.24) is 10.2 Å². The number of imide groups is 1. The van der Waals surface area contributed by atoms with Crippen LogP contribution in [0.25, 0.3) is 0 Å². The Morgan fingerprint density at radius 2 is 1.88 bits per heavy atom. The number of nitrogens with one attached hydrogen (secondary N) is 1. The standard InChI is InChI=1S/C19H15FN2O4/c20-13-7-5-12(6-8-13)15(23)11-22-17(24)19(21-18(22)25)9-10-26-16-4-2-1-3-14(16)19/h1-8H,9-11H2,(H,21,25)/t19-/m0/s1. The molecule has 1 N–H and O–H groups in total. The summed E-state index contributed by atoms with van der Waals surface area (Å²) >= 11 is 0. The fourth-order valence-corrected chi connectivity index (χ4v) is 3.39. The molecule has 1 saturated heterocycles. The molecule has 2 heterocycles. The second-order valence-electron chi connectivity index (χ2n) is 6.25. The van der Waals surface area contributed by atoms with Gasteiger partial charge in [0.05, 0.1) is 13.2 Å². The molecule has 0 unspecified atom stereocenters. The predicted molar refractivity (Wildman–Crippen MR) is 89.2 cm³/mol. The van der Waals surface area contributed by atoms with E-state index in [-0.39, 0.29) is 18.6 Å². The van der Waals surface area contributed by atoms with Gasteiger partial charge in [-0.3, -0.25) is 14.5 Å². The summed E-state index contributed by atoms with van der Waals surface area (Å²) < 4.78 is 18.6. The van der Waals surface area contributed by atoms with Crippen LogP contribution in [-0.4, -0.2) is 35.8 Å². The van der Waals surface area contributed by atoms with Crippen molar-refractivity contribution < 1.29 is 23.5 Å². The summed E-state index contributed by atoms with van der Waals surface area (Å²) in [6, 6.07) is 11.4. The highest BCUT2D eigenvalue weighted by Crippen LogP contribution is 2.40. The van der Waals surface area contributed by atoms with Crippen molar-refractivity contribution in [2.45, 2.75) is 12.0 Å². The number of benzene rings is 2. The molecule has 6 nitrogen and oxygen atoms in total. The van der Waals surface area contributed by atoms with Crippen LogP contribution >= 0.6 is 0 Å². The zero-order valence-electron chi connectivity index (χ0n) is 13.7. The third-order valence-corrected chi connectivity index (χ3v) is 4.73. The maximum Gasteiger partial charge on any atom is 0.325 e. The lowest BCUT2D eigenvalue weighted by Crippen LogP contribution is -2.47. The van der Waals surface area contributed by atoms with Crippen LogP contribution in [0.5, 0.6) is 5.75 Å². The van der Waals surface area contributed by atoms with E-state index in [1.165, 1.54) is 12.1 Å². The molecule has 0 aromatic heterocycles.